The number of benzene rings is 2. The number of urea groups is 1. The number of methoxy groups -OCH3 is 1. The second kappa shape index (κ2) is 9.03. The lowest BCUT2D eigenvalue weighted by Gasteiger charge is -2.40. The molecule has 2 atom stereocenters. The molecule has 2 aromatic rings. The highest BCUT2D eigenvalue weighted by Gasteiger charge is 2.61. The molecule has 1 aliphatic rings. The number of esters is 1. The highest BCUT2D eigenvalue weighted by molar-refractivity contribution is 9.09. The molecular formula is C20H15BrF2N3O7+. The van der Waals surface area contributed by atoms with Gasteiger partial charge in [0.1, 0.15) is 5.57 Å². The Balaban J connectivity index is 2.44. The molecule has 13 heteroatoms. The Morgan fingerprint density at radius 2 is 1.85 bits per heavy atom. The van der Waals surface area contributed by atoms with E-state index in [0.717, 1.165) is 43.5 Å². The first-order chi connectivity index (χ1) is 15.6. The summed E-state index contributed by atoms with van der Waals surface area (Å²) in [6, 6.07) is 3.60. The van der Waals surface area contributed by atoms with Crippen molar-refractivity contribution in [3.05, 3.63) is 81.0 Å². The van der Waals surface area contributed by atoms with E-state index in [-0.39, 0.29) is 33.5 Å². The summed E-state index contributed by atoms with van der Waals surface area (Å²) in [6.45, 7) is 0. The molecule has 1 heterocycles. The number of hydrogen-bond acceptors (Lipinski definition) is 6. The van der Waals surface area contributed by atoms with Gasteiger partial charge in [0.05, 0.1) is 17.7 Å². The third-order valence-electron chi connectivity index (χ3n) is 5.13. The van der Waals surface area contributed by atoms with Gasteiger partial charge in [-0.2, -0.15) is 4.79 Å². The van der Waals surface area contributed by atoms with E-state index in [1.165, 1.54) is 0 Å². The lowest BCUT2D eigenvalue weighted by molar-refractivity contribution is -0.384. The summed E-state index contributed by atoms with van der Waals surface area (Å²) >= 11 is 3.12. The first-order valence-corrected chi connectivity index (χ1v) is 10.2. The van der Waals surface area contributed by atoms with Crippen LogP contribution in [-0.2, 0) is 9.53 Å². The van der Waals surface area contributed by atoms with E-state index in [1.54, 1.807) is 0 Å². The number of amides is 3. The molecular weight excluding hydrogens is 512 g/mol. The minimum Gasteiger partial charge on any atom is -0.465 e. The fraction of sp³-hybridized carbons (Fsp3) is 0.150. The molecule has 0 spiro atoms. The van der Waals surface area contributed by atoms with Gasteiger partial charge in [-0.3, -0.25) is 15.4 Å². The number of ether oxygens (including phenoxy) is 1. The topological polar surface area (TPSA) is 136 Å². The highest BCUT2D eigenvalue weighted by atomic mass is 79.9. The Bertz CT molecular complexity index is 1200. The zero-order valence-corrected chi connectivity index (χ0v) is 18.3. The van der Waals surface area contributed by atoms with Crippen molar-refractivity contribution in [2.45, 2.75) is 6.04 Å². The van der Waals surface area contributed by atoms with Crippen LogP contribution in [0, 0.1) is 21.7 Å². The van der Waals surface area contributed by atoms with Gasteiger partial charge < -0.3 is 9.84 Å². The Labute approximate surface area is 192 Å². The van der Waals surface area contributed by atoms with Crippen LogP contribution in [0.25, 0.3) is 0 Å². The zero-order valence-electron chi connectivity index (χ0n) is 16.8. The molecule has 172 valence electrons. The predicted molar refractivity (Wildman–Crippen MR) is 113 cm³/mol. The second-order valence-corrected chi connectivity index (χ2v) is 7.36. The quantitative estimate of drug-likeness (QED) is 0.196. The van der Waals surface area contributed by atoms with E-state index in [4.69, 9.17) is 4.74 Å². The van der Waals surface area contributed by atoms with E-state index in [0.29, 0.717) is 6.07 Å². The van der Waals surface area contributed by atoms with Gasteiger partial charge in [0.15, 0.2) is 23.4 Å². The van der Waals surface area contributed by atoms with E-state index in [1.807, 2.05) is 0 Å². The SMILES string of the molecule is COC(=O)C1=C(CBr)NC(=O)[N+](C(=O)O)(c2ccc([N+](=O)[O-])cc2)C1c1ccc(F)c(F)c1. The van der Waals surface area contributed by atoms with Gasteiger partial charge in [0.2, 0.25) is 0 Å². The lowest BCUT2D eigenvalue weighted by atomic mass is 9.90. The van der Waals surface area contributed by atoms with Crippen molar-refractivity contribution in [1.29, 1.82) is 0 Å². The number of allylic oxidation sites excluding steroid dienone is 1. The van der Waals surface area contributed by atoms with Crippen LogP contribution in [0.15, 0.2) is 53.7 Å². The first-order valence-electron chi connectivity index (χ1n) is 9.10. The van der Waals surface area contributed by atoms with Crippen LogP contribution in [0.1, 0.15) is 11.6 Å². The summed E-state index contributed by atoms with van der Waals surface area (Å²) in [5, 5.41) is 23.6. The van der Waals surface area contributed by atoms with Crippen LogP contribution in [0.3, 0.4) is 0 Å². The van der Waals surface area contributed by atoms with Gasteiger partial charge in [-0.25, -0.2) is 18.4 Å². The van der Waals surface area contributed by atoms with Crippen molar-refractivity contribution in [2.75, 3.05) is 12.4 Å². The number of nitro benzene ring substituents is 1. The van der Waals surface area contributed by atoms with Gasteiger partial charge in [-0.15, -0.1) is 0 Å². The Kier molecular flexibility index (Phi) is 6.56. The monoisotopic (exact) mass is 526 g/mol. The van der Waals surface area contributed by atoms with Crippen LogP contribution in [0.5, 0.6) is 0 Å². The molecule has 0 radical (unpaired) electrons. The number of nitro groups is 1. The molecule has 33 heavy (non-hydrogen) atoms. The maximum Gasteiger partial charge on any atom is 0.528 e. The number of imide groups is 1. The van der Waals surface area contributed by atoms with Crippen molar-refractivity contribution < 1.29 is 37.9 Å². The summed E-state index contributed by atoms with van der Waals surface area (Å²) in [6.07, 6.45) is -1.79. The number of rotatable bonds is 5. The van der Waals surface area contributed by atoms with Crippen LogP contribution in [0.2, 0.25) is 0 Å². The Hall–Kier alpha value is -3.71. The van der Waals surface area contributed by atoms with Gasteiger partial charge in [-0.1, -0.05) is 20.4 Å². The zero-order chi connectivity index (χ0) is 24.5. The van der Waals surface area contributed by atoms with Crippen LogP contribution < -0.4 is 9.80 Å². The standard InChI is InChI=1S/C20H14BrF2N3O7/c1-33-18(27)16-15(9-21)24-19(28)26(20(29)30,12-5-3-11(4-6-12)25(31)32)17(16)10-2-7-13(22)14(23)8-10/h2-8,17H,9H2,1H3,(H-,24,27,28,29,30)/p+1. The smallest absolute Gasteiger partial charge is 0.465 e. The number of hydrogen-bond donors (Lipinski definition) is 2. The average molecular weight is 527 g/mol. The summed E-state index contributed by atoms with van der Waals surface area (Å²) < 4.78 is 31.0. The molecule has 0 aromatic heterocycles. The van der Waals surface area contributed by atoms with E-state index < -0.39 is 45.2 Å². The van der Waals surface area contributed by atoms with Crippen LogP contribution in [-0.4, -0.2) is 40.6 Å². The molecule has 3 rings (SSSR count). The average Bonchev–Trinajstić information content (AvgIpc) is 2.79. The molecule has 0 aliphatic carbocycles. The summed E-state index contributed by atoms with van der Waals surface area (Å²) in [5.41, 5.74) is -1.26. The van der Waals surface area contributed by atoms with Gasteiger partial charge >= 0.3 is 18.1 Å². The number of carbonyl (C=O) groups excluding carboxylic acids is 2. The van der Waals surface area contributed by atoms with Crippen molar-refractivity contribution >= 4 is 45.4 Å². The molecule has 0 saturated carbocycles. The molecule has 2 aromatic carbocycles. The Morgan fingerprint density at radius 3 is 2.33 bits per heavy atom. The number of carbonyl (C=O) groups is 3. The summed E-state index contributed by atoms with van der Waals surface area (Å²) in [4.78, 5) is 49.1. The lowest BCUT2D eigenvalue weighted by Crippen LogP contribution is -2.67. The van der Waals surface area contributed by atoms with E-state index in [2.05, 4.69) is 21.2 Å². The minimum absolute atomic E-state index is 0.0431. The largest absolute Gasteiger partial charge is 0.528 e. The molecule has 0 saturated heterocycles. The van der Waals surface area contributed by atoms with E-state index in [9.17, 15) is 38.4 Å². The highest BCUT2D eigenvalue weighted by Crippen LogP contribution is 2.45. The number of alkyl halides is 1. The van der Waals surface area contributed by atoms with Gasteiger partial charge in [0.25, 0.3) is 5.69 Å². The van der Waals surface area contributed by atoms with Crippen molar-refractivity contribution in [2.24, 2.45) is 0 Å². The molecule has 3 amide bonds. The minimum atomic E-state index is -1.79. The molecule has 0 fully saturated rings. The number of quaternary nitrogens is 1. The predicted octanol–water partition coefficient (Wildman–Crippen LogP) is 4.14. The van der Waals surface area contributed by atoms with Crippen molar-refractivity contribution in [3.8, 4) is 0 Å². The summed E-state index contributed by atoms with van der Waals surface area (Å²) in [5.74, 6) is -3.59. The molecule has 10 nitrogen and oxygen atoms in total. The maximum atomic E-state index is 14.2. The molecule has 2 unspecified atom stereocenters. The molecule has 2 N–H and O–H groups in total. The number of nitrogens with zero attached hydrogens (tertiary/aromatic N) is 2. The van der Waals surface area contributed by atoms with Crippen LogP contribution >= 0.6 is 15.9 Å². The molecule has 1 aliphatic heterocycles. The number of non-ortho nitro benzene ring substituents is 1. The molecule has 0 bridgehead atoms. The number of halogens is 3. The number of carboxylic acid groups (broad SMARTS) is 1. The third-order valence-corrected chi connectivity index (χ3v) is 5.69. The van der Waals surface area contributed by atoms with Gasteiger partial charge in [-0.05, 0) is 18.2 Å². The van der Waals surface area contributed by atoms with E-state index >= 15 is 0 Å². The van der Waals surface area contributed by atoms with Gasteiger partial charge in [0, 0.05) is 35.2 Å². The summed E-state index contributed by atoms with van der Waals surface area (Å²) in [7, 11) is 1.03. The van der Waals surface area contributed by atoms with Crippen molar-refractivity contribution in [3.63, 3.8) is 0 Å². The fourth-order valence-corrected chi connectivity index (χ4v) is 4.11. The van der Waals surface area contributed by atoms with Crippen molar-refractivity contribution in [1.82, 2.24) is 9.80 Å². The van der Waals surface area contributed by atoms with Crippen LogP contribution in [0.4, 0.5) is 29.7 Å². The normalized spacial score (nSPS) is 20.2. The number of nitrogens with one attached hydrogen (secondary N) is 1. The first kappa shape index (κ1) is 23.9. The Morgan fingerprint density at radius 1 is 1.21 bits per heavy atom. The third kappa shape index (κ3) is 3.85. The maximum absolute atomic E-state index is 14.2. The fourth-order valence-electron chi connectivity index (χ4n) is 3.67. The second-order valence-electron chi connectivity index (χ2n) is 6.80.